The first kappa shape index (κ1) is 11.2. The Balaban J connectivity index is 1.70. The van der Waals surface area contributed by atoms with Crippen molar-refractivity contribution in [1.82, 2.24) is 10.6 Å². The third kappa shape index (κ3) is 2.38. The van der Waals surface area contributed by atoms with Crippen LogP contribution in [0.3, 0.4) is 0 Å². The van der Waals surface area contributed by atoms with Crippen LogP contribution in [-0.4, -0.2) is 25.0 Å². The number of aryl methyl sites for hydroxylation is 2. The zero-order valence-corrected chi connectivity index (χ0v) is 10.7. The minimum absolute atomic E-state index is 0.123. The molecule has 0 unspecified atom stereocenters. The highest BCUT2D eigenvalue weighted by Gasteiger charge is 2.21. The van der Waals surface area contributed by atoms with E-state index in [4.69, 9.17) is 0 Å². The zero-order chi connectivity index (χ0) is 11.7. The van der Waals surface area contributed by atoms with Gasteiger partial charge in [0.15, 0.2) is 0 Å². The van der Waals surface area contributed by atoms with Gasteiger partial charge in [-0.25, -0.2) is 0 Å². The van der Waals surface area contributed by atoms with E-state index in [0.29, 0.717) is 6.04 Å². The molecule has 92 valence electrons. The van der Waals surface area contributed by atoms with Gasteiger partial charge in [0.1, 0.15) is 0 Å². The summed E-state index contributed by atoms with van der Waals surface area (Å²) in [5, 5.41) is 6.38. The van der Waals surface area contributed by atoms with Crippen LogP contribution in [-0.2, 0) is 12.8 Å². The topological polar surface area (TPSA) is 41.1 Å². The normalized spacial score (nSPS) is 23.4. The van der Waals surface area contributed by atoms with Crippen molar-refractivity contribution in [2.24, 2.45) is 0 Å². The van der Waals surface area contributed by atoms with Gasteiger partial charge in [0.25, 0.3) is 5.91 Å². The Morgan fingerprint density at radius 2 is 2.29 bits per heavy atom. The second-order valence-electron chi connectivity index (χ2n) is 4.93. The lowest BCUT2D eigenvalue weighted by Crippen LogP contribution is -2.35. The van der Waals surface area contributed by atoms with Gasteiger partial charge in [-0.2, -0.15) is 0 Å². The summed E-state index contributed by atoms with van der Waals surface area (Å²) in [6.07, 6.45) is 5.93. The van der Waals surface area contributed by atoms with Crippen molar-refractivity contribution in [1.29, 1.82) is 0 Å². The van der Waals surface area contributed by atoms with Crippen LogP contribution < -0.4 is 10.6 Å². The zero-order valence-electron chi connectivity index (χ0n) is 9.92. The van der Waals surface area contributed by atoms with Crippen molar-refractivity contribution in [2.75, 3.05) is 13.1 Å². The molecule has 1 aromatic heterocycles. The number of fused-ring (bicyclic) bond motifs is 1. The van der Waals surface area contributed by atoms with E-state index in [1.165, 1.54) is 23.3 Å². The van der Waals surface area contributed by atoms with Crippen LogP contribution in [0, 0.1) is 0 Å². The van der Waals surface area contributed by atoms with Gasteiger partial charge in [0.05, 0.1) is 4.88 Å². The Morgan fingerprint density at radius 1 is 1.41 bits per heavy atom. The molecule has 3 rings (SSSR count). The van der Waals surface area contributed by atoms with Crippen molar-refractivity contribution >= 4 is 17.2 Å². The Morgan fingerprint density at radius 3 is 3.06 bits per heavy atom. The highest BCUT2D eigenvalue weighted by Crippen LogP contribution is 2.29. The lowest BCUT2D eigenvalue weighted by Gasteiger charge is -2.09. The molecule has 4 heteroatoms. The number of carbonyl (C=O) groups excluding carboxylic acids is 1. The SMILES string of the molecule is O=C(N[C@@H]1CCNC1)c1cc2c(s1)CCCC2. The number of amides is 1. The quantitative estimate of drug-likeness (QED) is 0.839. The van der Waals surface area contributed by atoms with Crippen LogP contribution in [0.15, 0.2) is 6.07 Å². The Labute approximate surface area is 106 Å². The van der Waals surface area contributed by atoms with Gasteiger partial charge < -0.3 is 10.6 Å². The smallest absolute Gasteiger partial charge is 0.261 e. The van der Waals surface area contributed by atoms with Gasteiger partial charge in [-0.1, -0.05) is 0 Å². The minimum Gasteiger partial charge on any atom is -0.347 e. The summed E-state index contributed by atoms with van der Waals surface area (Å²) in [5.41, 5.74) is 1.41. The van der Waals surface area contributed by atoms with E-state index in [9.17, 15) is 4.79 Å². The van der Waals surface area contributed by atoms with Crippen LogP contribution in [0.2, 0.25) is 0 Å². The molecule has 2 N–H and O–H groups in total. The van der Waals surface area contributed by atoms with Gasteiger partial charge in [-0.3, -0.25) is 4.79 Å². The molecule has 0 spiro atoms. The van der Waals surface area contributed by atoms with Crippen LogP contribution in [0.5, 0.6) is 0 Å². The third-order valence-corrected chi connectivity index (χ3v) is 4.85. The van der Waals surface area contributed by atoms with Crippen LogP contribution >= 0.6 is 11.3 Å². The summed E-state index contributed by atoms with van der Waals surface area (Å²) in [4.78, 5) is 14.4. The van der Waals surface area contributed by atoms with Crippen molar-refractivity contribution in [3.05, 3.63) is 21.4 Å². The van der Waals surface area contributed by atoms with Crippen LogP contribution in [0.4, 0.5) is 0 Å². The van der Waals surface area contributed by atoms with E-state index in [2.05, 4.69) is 16.7 Å². The summed E-state index contributed by atoms with van der Waals surface area (Å²) in [7, 11) is 0. The molecule has 2 aliphatic rings. The molecule has 0 bridgehead atoms. The molecule has 1 atom stereocenters. The average Bonchev–Trinajstić information content (AvgIpc) is 2.96. The van der Waals surface area contributed by atoms with E-state index in [-0.39, 0.29) is 5.91 Å². The number of hydrogen-bond donors (Lipinski definition) is 2. The van der Waals surface area contributed by atoms with Crippen molar-refractivity contribution < 1.29 is 4.79 Å². The van der Waals surface area contributed by atoms with Crippen LogP contribution in [0.1, 0.15) is 39.4 Å². The monoisotopic (exact) mass is 250 g/mol. The Hall–Kier alpha value is -0.870. The first-order valence-electron chi connectivity index (χ1n) is 6.46. The van der Waals surface area contributed by atoms with E-state index in [1.54, 1.807) is 11.3 Å². The van der Waals surface area contributed by atoms with Gasteiger partial charge in [-0.15, -0.1) is 11.3 Å². The second kappa shape index (κ2) is 4.78. The molecule has 3 nitrogen and oxygen atoms in total. The van der Waals surface area contributed by atoms with Crippen molar-refractivity contribution in [2.45, 2.75) is 38.1 Å². The first-order valence-corrected chi connectivity index (χ1v) is 7.28. The molecule has 1 saturated heterocycles. The molecule has 0 radical (unpaired) electrons. The molecule has 1 fully saturated rings. The van der Waals surface area contributed by atoms with E-state index in [1.807, 2.05) is 0 Å². The number of hydrogen-bond acceptors (Lipinski definition) is 3. The standard InChI is InChI=1S/C13H18N2OS/c16-13(15-10-5-6-14-8-10)12-7-9-3-1-2-4-11(9)17-12/h7,10,14H,1-6,8H2,(H,15,16)/t10-/m1/s1. The molecule has 2 heterocycles. The molecular weight excluding hydrogens is 232 g/mol. The van der Waals surface area contributed by atoms with Crippen molar-refractivity contribution in [3.8, 4) is 0 Å². The number of nitrogens with one attached hydrogen (secondary N) is 2. The van der Waals surface area contributed by atoms with Crippen LogP contribution in [0.25, 0.3) is 0 Å². The predicted octanol–water partition coefficient (Wildman–Crippen LogP) is 1.72. The fourth-order valence-electron chi connectivity index (χ4n) is 2.64. The second-order valence-corrected chi connectivity index (χ2v) is 6.07. The molecular formula is C13H18N2OS. The lowest BCUT2D eigenvalue weighted by atomic mass is 9.99. The molecule has 1 aromatic rings. The fraction of sp³-hybridized carbons (Fsp3) is 0.615. The summed E-state index contributed by atoms with van der Waals surface area (Å²) in [5.74, 6) is 0.123. The summed E-state index contributed by atoms with van der Waals surface area (Å²) >= 11 is 1.69. The maximum absolute atomic E-state index is 12.1. The predicted molar refractivity (Wildman–Crippen MR) is 69.7 cm³/mol. The average molecular weight is 250 g/mol. The highest BCUT2D eigenvalue weighted by molar-refractivity contribution is 7.14. The highest BCUT2D eigenvalue weighted by atomic mass is 32.1. The maximum atomic E-state index is 12.1. The summed E-state index contributed by atoms with van der Waals surface area (Å²) in [6, 6.07) is 2.43. The molecule has 1 aliphatic carbocycles. The largest absolute Gasteiger partial charge is 0.347 e. The van der Waals surface area contributed by atoms with Gasteiger partial charge >= 0.3 is 0 Å². The number of rotatable bonds is 2. The number of thiophene rings is 1. The first-order chi connectivity index (χ1) is 8.33. The Bertz CT molecular complexity index is 398. The van der Waals surface area contributed by atoms with E-state index < -0.39 is 0 Å². The molecule has 1 amide bonds. The van der Waals surface area contributed by atoms with Gasteiger partial charge in [0.2, 0.25) is 0 Å². The van der Waals surface area contributed by atoms with E-state index in [0.717, 1.165) is 37.2 Å². The molecule has 0 aromatic carbocycles. The Kier molecular flexibility index (Phi) is 3.16. The summed E-state index contributed by atoms with van der Waals surface area (Å²) < 4.78 is 0. The maximum Gasteiger partial charge on any atom is 0.261 e. The third-order valence-electron chi connectivity index (χ3n) is 3.62. The van der Waals surface area contributed by atoms with Crippen molar-refractivity contribution in [3.63, 3.8) is 0 Å². The lowest BCUT2D eigenvalue weighted by molar-refractivity contribution is 0.0944. The minimum atomic E-state index is 0.123. The fourth-order valence-corrected chi connectivity index (χ4v) is 3.79. The molecule has 1 aliphatic heterocycles. The molecule has 17 heavy (non-hydrogen) atoms. The molecule has 0 saturated carbocycles. The van der Waals surface area contributed by atoms with Gasteiger partial charge in [-0.05, 0) is 50.3 Å². The van der Waals surface area contributed by atoms with E-state index >= 15 is 0 Å². The van der Waals surface area contributed by atoms with Gasteiger partial charge in [0, 0.05) is 17.5 Å². The number of carbonyl (C=O) groups is 1. The summed E-state index contributed by atoms with van der Waals surface area (Å²) in [6.45, 7) is 1.93.